The summed E-state index contributed by atoms with van der Waals surface area (Å²) in [6, 6.07) is 6.16. The SMILES string of the molecule is CB(O)Nc1cc(CBr)cc(CBr)c1. The standard InChI is InChI=1S/C9H12BBr2NO/c1-10(14)13-9-3-7(5-11)2-8(4-9)6-12/h2-4,13-14H,5-6H2,1H3. The molecule has 0 unspecified atom stereocenters. The number of hydrogen-bond acceptors (Lipinski definition) is 2. The van der Waals surface area contributed by atoms with Crippen LogP contribution in [0.25, 0.3) is 0 Å². The summed E-state index contributed by atoms with van der Waals surface area (Å²) in [7, 11) is -0.524. The van der Waals surface area contributed by atoms with Crippen LogP contribution in [0.1, 0.15) is 11.1 Å². The third-order valence-corrected chi connectivity index (χ3v) is 3.03. The Bertz CT molecular complexity index is 285. The lowest BCUT2D eigenvalue weighted by atomic mass is 9.88. The van der Waals surface area contributed by atoms with E-state index in [1.54, 1.807) is 6.82 Å². The molecule has 0 amide bonds. The summed E-state index contributed by atoms with van der Waals surface area (Å²) in [5.74, 6) is 0. The molecule has 2 nitrogen and oxygen atoms in total. The Hall–Kier alpha value is 0.00494. The summed E-state index contributed by atoms with van der Waals surface area (Å²) in [4.78, 5) is 0. The van der Waals surface area contributed by atoms with Crippen LogP contribution in [-0.4, -0.2) is 12.1 Å². The fraction of sp³-hybridized carbons (Fsp3) is 0.333. The molecule has 0 spiro atoms. The first-order valence-corrected chi connectivity index (χ1v) is 6.59. The maximum Gasteiger partial charge on any atom is 0.406 e. The smallest absolute Gasteiger partial charge is 0.406 e. The van der Waals surface area contributed by atoms with E-state index in [-0.39, 0.29) is 0 Å². The highest BCUT2D eigenvalue weighted by Gasteiger charge is 2.04. The van der Waals surface area contributed by atoms with Crippen LogP contribution in [0.2, 0.25) is 6.82 Å². The lowest BCUT2D eigenvalue weighted by Crippen LogP contribution is -2.19. The van der Waals surface area contributed by atoms with Gasteiger partial charge in [0.15, 0.2) is 0 Å². The highest BCUT2D eigenvalue weighted by Crippen LogP contribution is 2.19. The molecule has 0 aliphatic rings. The molecule has 0 bridgehead atoms. The first kappa shape index (κ1) is 12.1. The van der Waals surface area contributed by atoms with Gasteiger partial charge in [-0.1, -0.05) is 37.9 Å². The number of rotatable bonds is 4. The van der Waals surface area contributed by atoms with Crippen LogP contribution in [-0.2, 0) is 10.7 Å². The Kier molecular flexibility index (Phi) is 4.99. The largest absolute Gasteiger partial charge is 0.433 e. The van der Waals surface area contributed by atoms with E-state index < -0.39 is 7.05 Å². The fourth-order valence-corrected chi connectivity index (χ4v) is 1.89. The van der Waals surface area contributed by atoms with E-state index >= 15 is 0 Å². The van der Waals surface area contributed by atoms with Gasteiger partial charge in [-0.15, -0.1) is 0 Å². The Morgan fingerprint density at radius 2 is 1.71 bits per heavy atom. The maximum absolute atomic E-state index is 9.20. The molecule has 5 heteroatoms. The van der Waals surface area contributed by atoms with Crippen LogP contribution in [0.5, 0.6) is 0 Å². The van der Waals surface area contributed by atoms with Gasteiger partial charge in [0.25, 0.3) is 0 Å². The van der Waals surface area contributed by atoms with E-state index in [0.717, 1.165) is 16.3 Å². The average molecular weight is 321 g/mol. The van der Waals surface area contributed by atoms with Crippen LogP contribution in [0, 0.1) is 0 Å². The van der Waals surface area contributed by atoms with Gasteiger partial charge in [-0.05, 0) is 30.1 Å². The molecule has 0 radical (unpaired) electrons. The Balaban J connectivity index is 2.92. The van der Waals surface area contributed by atoms with Crippen molar-refractivity contribution < 1.29 is 5.02 Å². The molecule has 0 saturated heterocycles. The summed E-state index contributed by atoms with van der Waals surface area (Å²) in [6.07, 6.45) is 0. The summed E-state index contributed by atoms with van der Waals surface area (Å²) in [5.41, 5.74) is 3.35. The molecule has 76 valence electrons. The van der Waals surface area contributed by atoms with Gasteiger partial charge in [-0.25, -0.2) is 0 Å². The third-order valence-electron chi connectivity index (χ3n) is 1.74. The van der Waals surface area contributed by atoms with Crippen molar-refractivity contribution in [2.45, 2.75) is 17.5 Å². The number of halogens is 2. The topological polar surface area (TPSA) is 32.3 Å². The van der Waals surface area contributed by atoms with Crippen LogP contribution in [0.4, 0.5) is 5.69 Å². The van der Waals surface area contributed by atoms with Gasteiger partial charge in [0.2, 0.25) is 0 Å². The van der Waals surface area contributed by atoms with Crippen molar-refractivity contribution in [2.24, 2.45) is 0 Å². The molecular formula is C9H12BBr2NO. The van der Waals surface area contributed by atoms with Gasteiger partial charge in [0, 0.05) is 16.3 Å². The maximum atomic E-state index is 9.20. The van der Waals surface area contributed by atoms with E-state index in [0.29, 0.717) is 0 Å². The minimum absolute atomic E-state index is 0.524. The quantitative estimate of drug-likeness (QED) is 0.660. The highest BCUT2D eigenvalue weighted by molar-refractivity contribution is 9.08. The van der Waals surface area contributed by atoms with E-state index in [1.165, 1.54) is 11.1 Å². The number of anilines is 1. The molecule has 0 atom stereocenters. The zero-order chi connectivity index (χ0) is 10.6. The number of benzene rings is 1. The lowest BCUT2D eigenvalue weighted by Gasteiger charge is -2.09. The fourth-order valence-electron chi connectivity index (χ4n) is 1.24. The zero-order valence-corrected chi connectivity index (χ0v) is 11.1. The highest BCUT2D eigenvalue weighted by atomic mass is 79.9. The minimum atomic E-state index is -0.524. The molecule has 0 heterocycles. The van der Waals surface area contributed by atoms with E-state index in [2.05, 4.69) is 43.2 Å². The summed E-state index contributed by atoms with van der Waals surface area (Å²) < 4.78 is 0. The molecule has 0 aliphatic heterocycles. The molecule has 1 aromatic rings. The van der Waals surface area contributed by atoms with Crippen molar-refractivity contribution >= 4 is 44.6 Å². The van der Waals surface area contributed by atoms with Crippen molar-refractivity contribution in [2.75, 3.05) is 5.23 Å². The lowest BCUT2D eigenvalue weighted by molar-refractivity contribution is 0.587. The minimum Gasteiger partial charge on any atom is -0.433 e. The molecule has 1 rings (SSSR count). The van der Waals surface area contributed by atoms with Gasteiger partial charge < -0.3 is 10.3 Å². The number of alkyl halides is 2. The number of hydrogen-bond donors (Lipinski definition) is 2. The van der Waals surface area contributed by atoms with Crippen molar-refractivity contribution in [1.29, 1.82) is 0 Å². The molecule has 0 saturated carbocycles. The molecule has 0 fully saturated rings. The second-order valence-corrected chi connectivity index (χ2v) is 4.25. The van der Waals surface area contributed by atoms with Crippen molar-refractivity contribution in [3.05, 3.63) is 29.3 Å². The molecule has 1 aromatic carbocycles. The monoisotopic (exact) mass is 319 g/mol. The van der Waals surface area contributed by atoms with Crippen molar-refractivity contribution in [3.63, 3.8) is 0 Å². The first-order valence-electron chi connectivity index (χ1n) is 4.35. The summed E-state index contributed by atoms with van der Waals surface area (Å²) >= 11 is 6.83. The zero-order valence-electron chi connectivity index (χ0n) is 7.93. The molecule has 2 N–H and O–H groups in total. The predicted molar refractivity (Wildman–Crippen MR) is 69.2 cm³/mol. The van der Waals surface area contributed by atoms with E-state index in [1.807, 2.05) is 12.1 Å². The van der Waals surface area contributed by atoms with Gasteiger partial charge in [-0.2, -0.15) is 0 Å². The van der Waals surface area contributed by atoms with Crippen molar-refractivity contribution in [1.82, 2.24) is 0 Å². The van der Waals surface area contributed by atoms with Gasteiger partial charge in [-0.3, -0.25) is 0 Å². The molecule has 0 aromatic heterocycles. The second kappa shape index (κ2) is 5.78. The van der Waals surface area contributed by atoms with Crippen LogP contribution >= 0.6 is 31.9 Å². The second-order valence-electron chi connectivity index (χ2n) is 3.13. The molecular weight excluding hydrogens is 309 g/mol. The number of nitrogens with one attached hydrogen (secondary N) is 1. The summed E-state index contributed by atoms with van der Waals surface area (Å²) in [6.45, 7) is 1.70. The summed E-state index contributed by atoms with van der Waals surface area (Å²) in [5, 5.41) is 13.8. The van der Waals surface area contributed by atoms with Crippen LogP contribution in [0.15, 0.2) is 18.2 Å². The normalized spacial score (nSPS) is 10.0. The Labute approximate surface area is 101 Å². The molecule has 14 heavy (non-hydrogen) atoms. The van der Waals surface area contributed by atoms with Crippen LogP contribution < -0.4 is 5.23 Å². The van der Waals surface area contributed by atoms with Gasteiger partial charge in [0.05, 0.1) is 0 Å². The third kappa shape index (κ3) is 3.63. The van der Waals surface area contributed by atoms with Gasteiger partial charge >= 0.3 is 7.05 Å². The Morgan fingerprint density at radius 1 is 1.21 bits per heavy atom. The molecule has 0 aliphatic carbocycles. The van der Waals surface area contributed by atoms with Crippen molar-refractivity contribution in [3.8, 4) is 0 Å². The first-order chi connectivity index (χ1) is 6.65. The van der Waals surface area contributed by atoms with Crippen LogP contribution in [0.3, 0.4) is 0 Å². The van der Waals surface area contributed by atoms with Gasteiger partial charge in [0.1, 0.15) is 0 Å². The average Bonchev–Trinajstić information content (AvgIpc) is 2.16. The predicted octanol–water partition coefficient (Wildman–Crippen LogP) is 3.00. The van der Waals surface area contributed by atoms with E-state index in [4.69, 9.17) is 0 Å². The van der Waals surface area contributed by atoms with E-state index in [9.17, 15) is 5.02 Å². The Morgan fingerprint density at radius 3 is 2.07 bits per heavy atom.